The summed E-state index contributed by atoms with van der Waals surface area (Å²) in [4.78, 5) is 14.2. The second kappa shape index (κ2) is 6.78. The summed E-state index contributed by atoms with van der Waals surface area (Å²) in [6, 6.07) is 5.23. The Bertz CT molecular complexity index is 797. The summed E-state index contributed by atoms with van der Waals surface area (Å²) in [7, 11) is -3.23. The fourth-order valence-electron chi connectivity index (χ4n) is 2.72. The maximum atomic E-state index is 12.6. The van der Waals surface area contributed by atoms with Gasteiger partial charge in [0.15, 0.2) is 5.76 Å². The molecule has 0 radical (unpaired) electrons. The van der Waals surface area contributed by atoms with E-state index in [1.165, 1.54) is 10.6 Å². The average molecular weight is 352 g/mol. The van der Waals surface area contributed by atoms with E-state index in [0.717, 1.165) is 0 Å². The van der Waals surface area contributed by atoms with E-state index in [4.69, 9.17) is 4.42 Å². The first-order valence-electron chi connectivity index (χ1n) is 7.74. The minimum absolute atomic E-state index is 0.211. The number of hydrogen-bond donors (Lipinski definition) is 0. The summed E-state index contributed by atoms with van der Waals surface area (Å²) in [5.41, 5.74) is 0. The van der Waals surface area contributed by atoms with Gasteiger partial charge in [-0.25, -0.2) is 12.7 Å². The number of nitrogens with zero attached hydrogens (tertiary/aromatic N) is 4. The molecule has 0 saturated carbocycles. The van der Waals surface area contributed by atoms with Crippen molar-refractivity contribution in [1.82, 2.24) is 19.0 Å². The zero-order valence-electron chi connectivity index (χ0n) is 13.5. The van der Waals surface area contributed by atoms with Crippen LogP contribution in [0.25, 0.3) is 0 Å². The van der Waals surface area contributed by atoms with Gasteiger partial charge in [-0.1, -0.05) is 0 Å². The smallest absolute Gasteiger partial charge is 0.289 e. The van der Waals surface area contributed by atoms with Gasteiger partial charge in [0.05, 0.1) is 12.8 Å². The van der Waals surface area contributed by atoms with Gasteiger partial charge in [0.1, 0.15) is 5.76 Å². The molecular weight excluding hydrogens is 332 g/mol. The van der Waals surface area contributed by atoms with Crippen molar-refractivity contribution in [1.29, 1.82) is 0 Å². The van der Waals surface area contributed by atoms with E-state index in [9.17, 15) is 13.2 Å². The van der Waals surface area contributed by atoms with Gasteiger partial charge in [-0.05, 0) is 24.6 Å². The lowest BCUT2D eigenvalue weighted by molar-refractivity contribution is 0.0730. The molecule has 1 aliphatic rings. The SMILES string of the molecule is CS(=O)(=O)N1CCCN(C(=O)c2ccc(Cn3cccn3)o2)CC1. The zero-order valence-corrected chi connectivity index (χ0v) is 14.3. The van der Waals surface area contributed by atoms with Gasteiger partial charge in [0.25, 0.3) is 5.91 Å². The number of furan rings is 1. The number of amides is 1. The maximum absolute atomic E-state index is 12.6. The molecule has 0 atom stereocenters. The molecule has 1 fully saturated rings. The van der Waals surface area contributed by atoms with E-state index in [2.05, 4.69) is 5.10 Å². The lowest BCUT2D eigenvalue weighted by Gasteiger charge is -2.19. The van der Waals surface area contributed by atoms with Gasteiger partial charge in [-0.3, -0.25) is 9.48 Å². The molecule has 2 aromatic heterocycles. The summed E-state index contributed by atoms with van der Waals surface area (Å²) < 4.78 is 32.0. The van der Waals surface area contributed by atoms with E-state index in [-0.39, 0.29) is 11.7 Å². The van der Waals surface area contributed by atoms with Crippen LogP contribution in [0.2, 0.25) is 0 Å². The minimum Gasteiger partial charge on any atom is -0.454 e. The highest BCUT2D eigenvalue weighted by Crippen LogP contribution is 2.14. The number of hydrogen-bond acceptors (Lipinski definition) is 5. The molecule has 0 aliphatic carbocycles. The third-order valence-corrected chi connectivity index (χ3v) is 5.26. The number of carbonyl (C=O) groups is 1. The summed E-state index contributed by atoms with van der Waals surface area (Å²) in [5.74, 6) is 0.705. The third kappa shape index (κ3) is 3.85. The number of aromatic nitrogens is 2. The molecule has 0 spiro atoms. The fraction of sp³-hybridized carbons (Fsp3) is 0.467. The number of sulfonamides is 1. The van der Waals surface area contributed by atoms with Crippen molar-refractivity contribution in [3.8, 4) is 0 Å². The van der Waals surface area contributed by atoms with Crippen molar-refractivity contribution < 1.29 is 17.6 Å². The topological polar surface area (TPSA) is 88.7 Å². The molecule has 0 bridgehead atoms. The van der Waals surface area contributed by atoms with Crippen molar-refractivity contribution in [3.05, 3.63) is 42.1 Å². The van der Waals surface area contributed by atoms with Gasteiger partial charge in [-0.2, -0.15) is 5.10 Å². The maximum Gasteiger partial charge on any atom is 0.289 e. The first-order valence-corrected chi connectivity index (χ1v) is 9.59. The summed E-state index contributed by atoms with van der Waals surface area (Å²) in [6.07, 6.45) is 5.30. The largest absolute Gasteiger partial charge is 0.454 e. The Morgan fingerprint density at radius 2 is 2.08 bits per heavy atom. The van der Waals surface area contributed by atoms with Crippen molar-refractivity contribution in [3.63, 3.8) is 0 Å². The molecule has 0 unspecified atom stereocenters. The van der Waals surface area contributed by atoms with Gasteiger partial charge < -0.3 is 9.32 Å². The second-order valence-corrected chi connectivity index (χ2v) is 7.76. The van der Waals surface area contributed by atoms with E-state index in [0.29, 0.717) is 44.9 Å². The van der Waals surface area contributed by atoms with E-state index >= 15 is 0 Å². The van der Waals surface area contributed by atoms with Gasteiger partial charge >= 0.3 is 0 Å². The standard InChI is InChI=1S/C15H20N4O4S/c1-24(21,22)19-9-3-7-17(10-11-19)15(20)14-5-4-13(23-14)12-18-8-2-6-16-18/h2,4-6,8H,3,7,9-12H2,1H3. The van der Waals surface area contributed by atoms with Crippen LogP contribution in [-0.4, -0.2) is 65.7 Å². The average Bonchev–Trinajstić information content (AvgIpc) is 3.13. The predicted octanol–water partition coefficient (Wildman–Crippen LogP) is 0.632. The lowest BCUT2D eigenvalue weighted by Crippen LogP contribution is -2.36. The van der Waals surface area contributed by atoms with Crippen LogP contribution < -0.4 is 0 Å². The monoisotopic (exact) mass is 352 g/mol. The van der Waals surface area contributed by atoms with Crippen LogP contribution in [0.5, 0.6) is 0 Å². The summed E-state index contributed by atoms with van der Waals surface area (Å²) in [6.45, 7) is 2.08. The Morgan fingerprint density at radius 3 is 2.79 bits per heavy atom. The van der Waals surface area contributed by atoms with Gasteiger partial charge in [0.2, 0.25) is 10.0 Å². The molecule has 24 heavy (non-hydrogen) atoms. The predicted molar refractivity (Wildman–Crippen MR) is 87.0 cm³/mol. The van der Waals surface area contributed by atoms with Crippen LogP contribution in [0.1, 0.15) is 22.7 Å². The van der Waals surface area contributed by atoms with Crippen LogP contribution in [0.15, 0.2) is 35.0 Å². The first-order chi connectivity index (χ1) is 11.4. The normalized spacial score (nSPS) is 17.0. The Balaban J connectivity index is 1.65. The van der Waals surface area contributed by atoms with E-state index in [1.807, 2.05) is 12.3 Å². The van der Waals surface area contributed by atoms with Crippen LogP contribution in [0.3, 0.4) is 0 Å². The quantitative estimate of drug-likeness (QED) is 0.805. The highest BCUT2D eigenvalue weighted by atomic mass is 32.2. The molecule has 8 nitrogen and oxygen atoms in total. The summed E-state index contributed by atoms with van der Waals surface area (Å²) in [5, 5.41) is 4.10. The van der Waals surface area contributed by atoms with Crippen molar-refractivity contribution in [2.45, 2.75) is 13.0 Å². The molecule has 1 amide bonds. The van der Waals surface area contributed by atoms with E-state index in [1.54, 1.807) is 27.9 Å². The molecule has 9 heteroatoms. The van der Waals surface area contributed by atoms with Crippen molar-refractivity contribution in [2.75, 3.05) is 32.4 Å². The highest BCUT2D eigenvalue weighted by molar-refractivity contribution is 7.88. The van der Waals surface area contributed by atoms with Crippen LogP contribution in [0, 0.1) is 0 Å². The molecule has 1 aliphatic heterocycles. The van der Waals surface area contributed by atoms with E-state index < -0.39 is 10.0 Å². The van der Waals surface area contributed by atoms with Gasteiger partial charge in [0, 0.05) is 38.6 Å². The number of carbonyl (C=O) groups excluding carboxylic acids is 1. The second-order valence-electron chi connectivity index (χ2n) is 5.78. The molecule has 0 aromatic carbocycles. The highest BCUT2D eigenvalue weighted by Gasteiger charge is 2.25. The summed E-state index contributed by atoms with van der Waals surface area (Å²) >= 11 is 0. The van der Waals surface area contributed by atoms with Crippen molar-refractivity contribution >= 4 is 15.9 Å². The van der Waals surface area contributed by atoms with Crippen molar-refractivity contribution in [2.24, 2.45) is 0 Å². The Hall–Kier alpha value is -2.13. The molecular formula is C15H20N4O4S. The molecule has 2 aromatic rings. The Morgan fingerprint density at radius 1 is 1.25 bits per heavy atom. The first kappa shape index (κ1) is 16.7. The van der Waals surface area contributed by atoms with Crippen LogP contribution in [-0.2, 0) is 16.6 Å². The zero-order chi connectivity index (χ0) is 17.2. The molecule has 3 heterocycles. The van der Waals surface area contributed by atoms with Crippen LogP contribution in [0.4, 0.5) is 0 Å². The molecule has 130 valence electrons. The lowest BCUT2D eigenvalue weighted by atomic mass is 10.3. The molecule has 3 rings (SSSR count). The minimum atomic E-state index is -3.23. The molecule has 1 saturated heterocycles. The Labute approximate surface area is 140 Å². The number of rotatable bonds is 4. The molecule has 0 N–H and O–H groups in total. The van der Waals surface area contributed by atoms with Gasteiger partial charge in [-0.15, -0.1) is 0 Å². The van der Waals surface area contributed by atoms with Crippen LogP contribution >= 0.6 is 0 Å². The third-order valence-electron chi connectivity index (χ3n) is 3.96. The Kier molecular flexibility index (Phi) is 4.72. The fourth-order valence-corrected chi connectivity index (χ4v) is 3.59.